The predicted molar refractivity (Wildman–Crippen MR) is 44.4 cm³/mol. The molecule has 72 valence electrons. The van der Waals surface area contributed by atoms with Crippen molar-refractivity contribution >= 4 is 11.8 Å². The summed E-state index contributed by atoms with van der Waals surface area (Å²) in [7, 11) is 0. The zero-order chi connectivity index (χ0) is 9.03. The predicted octanol–water partition coefficient (Wildman–Crippen LogP) is 2.03. The third-order valence-corrected chi connectivity index (χ3v) is 2.98. The lowest BCUT2D eigenvalue weighted by atomic mass is 10.3. The smallest absolute Gasteiger partial charge is 0.312 e. The first-order valence-electron chi connectivity index (χ1n) is 3.96. The van der Waals surface area contributed by atoms with E-state index >= 15 is 0 Å². The van der Waals surface area contributed by atoms with Crippen LogP contribution >= 0.6 is 11.8 Å². The molecule has 1 rings (SSSR count). The van der Waals surface area contributed by atoms with Gasteiger partial charge in [-0.25, -0.2) is 0 Å². The van der Waals surface area contributed by atoms with Gasteiger partial charge < -0.3 is 5.32 Å². The molecule has 1 heterocycles. The highest BCUT2D eigenvalue weighted by molar-refractivity contribution is 8.00. The molecule has 0 aromatic carbocycles. The first-order valence-corrected chi connectivity index (χ1v) is 5.11. The first kappa shape index (κ1) is 10.2. The molecule has 0 radical (unpaired) electrons. The van der Waals surface area contributed by atoms with E-state index < -0.39 is 12.6 Å². The topological polar surface area (TPSA) is 12.0 Å². The SMILES string of the molecule is FC(F)(F)CCCNC1CSC1. The van der Waals surface area contributed by atoms with Gasteiger partial charge in [-0.2, -0.15) is 24.9 Å². The number of nitrogens with one attached hydrogen (secondary N) is 1. The lowest BCUT2D eigenvalue weighted by molar-refractivity contribution is -0.135. The third kappa shape index (κ3) is 4.21. The molecule has 0 atom stereocenters. The number of rotatable bonds is 4. The monoisotopic (exact) mass is 199 g/mol. The van der Waals surface area contributed by atoms with Gasteiger partial charge in [0.25, 0.3) is 0 Å². The van der Waals surface area contributed by atoms with Gasteiger partial charge in [-0.15, -0.1) is 0 Å². The van der Waals surface area contributed by atoms with Gasteiger partial charge in [0.15, 0.2) is 0 Å². The maximum atomic E-state index is 11.6. The standard InChI is InChI=1S/C7H12F3NS/c8-7(9,10)2-1-3-11-6-4-12-5-6/h6,11H,1-5H2. The summed E-state index contributed by atoms with van der Waals surface area (Å²) in [4.78, 5) is 0. The van der Waals surface area contributed by atoms with E-state index in [1.807, 2.05) is 11.8 Å². The fourth-order valence-corrected chi connectivity index (χ4v) is 1.66. The molecule has 5 heteroatoms. The average Bonchev–Trinajstić information content (AvgIpc) is 1.80. The van der Waals surface area contributed by atoms with Gasteiger partial charge in [-0.3, -0.25) is 0 Å². The Labute approximate surface area is 74.1 Å². The summed E-state index contributed by atoms with van der Waals surface area (Å²) in [5.74, 6) is 2.10. The van der Waals surface area contributed by atoms with Crippen LogP contribution in [0.4, 0.5) is 13.2 Å². The molecule has 0 aliphatic carbocycles. The van der Waals surface area contributed by atoms with Crippen molar-refractivity contribution in [3.8, 4) is 0 Å². The van der Waals surface area contributed by atoms with E-state index in [0.29, 0.717) is 12.6 Å². The summed E-state index contributed by atoms with van der Waals surface area (Å²) in [6, 6.07) is 0.461. The van der Waals surface area contributed by atoms with Crippen LogP contribution in [-0.2, 0) is 0 Å². The van der Waals surface area contributed by atoms with Crippen molar-refractivity contribution in [2.45, 2.75) is 25.1 Å². The van der Waals surface area contributed by atoms with Crippen molar-refractivity contribution in [2.24, 2.45) is 0 Å². The van der Waals surface area contributed by atoms with Crippen LogP contribution in [0.5, 0.6) is 0 Å². The molecule has 1 aliphatic heterocycles. The third-order valence-electron chi connectivity index (χ3n) is 1.71. The number of alkyl halides is 3. The number of thioether (sulfide) groups is 1. The van der Waals surface area contributed by atoms with Gasteiger partial charge in [0.2, 0.25) is 0 Å². The second-order valence-corrected chi connectivity index (χ2v) is 3.98. The Kier molecular flexibility index (Phi) is 3.71. The minimum atomic E-state index is -3.99. The first-order chi connectivity index (χ1) is 5.58. The van der Waals surface area contributed by atoms with E-state index in [0.717, 1.165) is 11.5 Å². The molecule has 0 saturated carbocycles. The van der Waals surface area contributed by atoms with Crippen LogP contribution in [0.1, 0.15) is 12.8 Å². The van der Waals surface area contributed by atoms with Crippen molar-refractivity contribution < 1.29 is 13.2 Å². The van der Waals surface area contributed by atoms with Crippen molar-refractivity contribution in [3.63, 3.8) is 0 Å². The van der Waals surface area contributed by atoms with E-state index in [1.165, 1.54) is 0 Å². The van der Waals surface area contributed by atoms with Gasteiger partial charge >= 0.3 is 6.18 Å². The summed E-state index contributed by atoms with van der Waals surface area (Å²) >= 11 is 1.82. The molecule has 1 N–H and O–H groups in total. The van der Waals surface area contributed by atoms with Crippen LogP contribution in [-0.4, -0.2) is 30.3 Å². The normalized spacial score (nSPS) is 19.2. The number of halogens is 3. The lowest BCUT2D eigenvalue weighted by Gasteiger charge is -2.26. The van der Waals surface area contributed by atoms with Crippen LogP contribution in [0.2, 0.25) is 0 Å². The van der Waals surface area contributed by atoms with E-state index in [4.69, 9.17) is 0 Å². The molecule has 1 aliphatic rings. The quantitative estimate of drug-likeness (QED) is 0.695. The fraction of sp³-hybridized carbons (Fsp3) is 1.00. The molecule has 0 aromatic heterocycles. The van der Waals surface area contributed by atoms with E-state index in [1.54, 1.807) is 0 Å². The van der Waals surface area contributed by atoms with Gasteiger partial charge in [0, 0.05) is 24.0 Å². The van der Waals surface area contributed by atoms with Crippen molar-refractivity contribution in [1.82, 2.24) is 5.32 Å². The summed E-state index contributed by atoms with van der Waals surface area (Å²) in [6.07, 6.45) is -4.46. The summed E-state index contributed by atoms with van der Waals surface area (Å²) in [6.45, 7) is 0.491. The molecule has 0 amide bonds. The Balaban J connectivity index is 1.88. The minimum Gasteiger partial charge on any atom is -0.312 e. The van der Waals surface area contributed by atoms with Crippen molar-refractivity contribution in [1.29, 1.82) is 0 Å². The van der Waals surface area contributed by atoms with E-state index in [9.17, 15) is 13.2 Å². The summed E-state index contributed by atoms with van der Waals surface area (Å²) in [5.41, 5.74) is 0. The van der Waals surface area contributed by atoms with Gasteiger partial charge in [0.1, 0.15) is 0 Å². The Morgan fingerprint density at radius 2 is 2.00 bits per heavy atom. The van der Waals surface area contributed by atoms with Gasteiger partial charge in [-0.1, -0.05) is 0 Å². The summed E-state index contributed by atoms with van der Waals surface area (Å²) < 4.78 is 34.9. The molecule has 12 heavy (non-hydrogen) atoms. The van der Waals surface area contributed by atoms with Crippen molar-refractivity contribution in [2.75, 3.05) is 18.1 Å². The second-order valence-electron chi connectivity index (χ2n) is 2.91. The fourth-order valence-electron chi connectivity index (χ4n) is 0.949. The zero-order valence-electron chi connectivity index (χ0n) is 6.66. The molecule has 0 bridgehead atoms. The maximum Gasteiger partial charge on any atom is 0.389 e. The molecule has 1 nitrogen and oxygen atoms in total. The zero-order valence-corrected chi connectivity index (χ0v) is 7.47. The molecule has 1 saturated heterocycles. The largest absolute Gasteiger partial charge is 0.389 e. The summed E-state index contributed by atoms with van der Waals surface area (Å²) in [5, 5.41) is 3.07. The van der Waals surface area contributed by atoms with Gasteiger partial charge in [-0.05, 0) is 13.0 Å². The van der Waals surface area contributed by atoms with Crippen LogP contribution < -0.4 is 5.32 Å². The van der Waals surface area contributed by atoms with E-state index in [2.05, 4.69) is 5.32 Å². The lowest BCUT2D eigenvalue weighted by Crippen LogP contribution is -2.40. The van der Waals surface area contributed by atoms with E-state index in [-0.39, 0.29) is 6.42 Å². The molecule has 0 aromatic rings. The second kappa shape index (κ2) is 4.37. The average molecular weight is 199 g/mol. The van der Waals surface area contributed by atoms with Gasteiger partial charge in [0.05, 0.1) is 0 Å². The Hall–Kier alpha value is 0.100. The molecule has 0 unspecified atom stereocenters. The molecule has 1 fully saturated rings. The maximum absolute atomic E-state index is 11.6. The molecular weight excluding hydrogens is 187 g/mol. The molecular formula is C7H12F3NS. The number of hydrogen-bond acceptors (Lipinski definition) is 2. The molecule has 0 spiro atoms. The number of hydrogen-bond donors (Lipinski definition) is 1. The highest BCUT2D eigenvalue weighted by atomic mass is 32.2. The van der Waals surface area contributed by atoms with Crippen LogP contribution in [0, 0.1) is 0 Å². The Morgan fingerprint density at radius 3 is 2.42 bits per heavy atom. The van der Waals surface area contributed by atoms with Crippen LogP contribution in [0.25, 0.3) is 0 Å². The van der Waals surface area contributed by atoms with Crippen LogP contribution in [0.15, 0.2) is 0 Å². The van der Waals surface area contributed by atoms with Crippen molar-refractivity contribution in [3.05, 3.63) is 0 Å². The highest BCUT2D eigenvalue weighted by Gasteiger charge is 2.26. The Morgan fingerprint density at radius 1 is 1.33 bits per heavy atom. The van der Waals surface area contributed by atoms with Crippen LogP contribution in [0.3, 0.4) is 0 Å². The Bertz CT molecular complexity index is 133. The highest BCUT2D eigenvalue weighted by Crippen LogP contribution is 2.21. The minimum absolute atomic E-state index is 0.199.